The molecule has 30 heavy (non-hydrogen) atoms. The van der Waals surface area contributed by atoms with E-state index >= 15 is 0 Å². The summed E-state index contributed by atoms with van der Waals surface area (Å²) in [7, 11) is -6.70. The van der Waals surface area contributed by atoms with Gasteiger partial charge >= 0.3 is 27.1 Å². The van der Waals surface area contributed by atoms with Gasteiger partial charge in [-0.3, -0.25) is 4.57 Å². The van der Waals surface area contributed by atoms with Gasteiger partial charge < -0.3 is 29.5 Å². The molecule has 0 bridgehead atoms. The minimum atomic E-state index is -5.06. The molecule has 2 aromatic heterocycles. The first-order chi connectivity index (χ1) is 14.1. The minimum Gasteiger partial charge on any atom is -0.461 e. The van der Waals surface area contributed by atoms with Gasteiger partial charge in [-0.2, -0.15) is 9.97 Å². The van der Waals surface area contributed by atoms with Crippen LogP contribution < -0.4 is 10.1 Å². The van der Waals surface area contributed by atoms with Crippen molar-refractivity contribution < 1.29 is 28.8 Å². The van der Waals surface area contributed by atoms with Gasteiger partial charge in [0, 0.05) is 17.8 Å². The third kappa shape index (κ3) is 4.21. The summed E-state index contributed by atoms with van der Waals surface area (Å²) in [6.07, 6.45) is 1.51. The van der Waals surface area contributed by atoms with Crippen LogP contribution in [0.3, 0.4) is 0 Å². The second kappa shape index (κ2) is 8.37. The summed E-state index contributed by atoms with van der Waals surface area (Å²) in [5, 5.41) is 10.5. The van der Waals surface area contributed by atoms with Crippen LogP contribution in [-0.4, -0.2) is 40.5 Å². The van der Waals surface area contributed by atoms with E-state index in [4.69, 9.17) is 4.74 Å². The topological polar surface area (TPSA) is 160 Å². The number of benzene rings is 1. The first kappa shape index (κ1) is 22.3. The van der Waals surface area contributed by atoms with Gasteiger partial charge in [0.1, 0.15) is 0 Å². The summed E-state index contributed by atoms with van der Waals surface area (Å²) < 4.78 is 30.3. The molecule has 0 aliphatic rings. The number of ether oxygens (including phenoxy) is 1. The molecule has 0 fully saturated rings. The van der Waals surface area contributed by atoms with E-state index in [1.54, 1.807) is 6.33 Å². The number of rotatable bonds is 8. The molecule has 2 heterocycles. The number of aliphatic hydroxyl groups is 1. The Bertz CT molecular complexity index is 1110. The van der Waals surface area contributed by atoms with Crippen molar-refractivity contribution in [3.63, 3.8) is 0 Å². The van der Waals surface area contributed by atoms with E-state index < -0.39 is 21.1 Å². The zero-order valence-electron chi connectivity index (χ0n) is 16.5. The molecular formula is C17H22N5O6P2+. The second-order valence-electron chi connectivity index (χ2n) is 6.74. The molecule has 3 rings (SSSR count). The van der Waals surface area contributed by atoms with Gasteiger partial charge in [0.05, 0.1) is 12.4 Å². The summed E-state index contributed by atoms with van der Waals surface area (Å²) in [6, 6.07) is 5.69. The summed E-state index contributed by atoms with van der Waals surface area (Å²) in [5.74, 6) is 0.381. The van der Waals surface area contributed by atoms with Gasteiger partial charge in [-0.25, -0.2) is 4.98 Å². The van der Waals surface area contributed by atoms with Crippen molar-refractivity contribution >= 4 is 38.7 Å². The highest BCUT2D eigenvalue weighted by Crippen LogP contribution is 2.61. The maximum Gasteiger partial charge on any atom is 0.412 e. The molecule has 0 amide bonds. The Labute approximate surface area is 173 Å². The third-order valence-electron chi connectivity index (χ3n) is 4.24. The SMILES string of the molecule is CCn1cnc2c(Nc3ccc(C(O)([PH+]=O)P(=O)(O)O)cc3)nc(OC(C)C)nc21. The molecular weight excluding hydrogens is 432 g/mol. The second-order valence-corrected chi connectivity index (χ2v) is 9.83. The van der Waals surface area contributed by atoms with Crippen LogP contribution >= 0.6 is 16.1 Å². The van der Waals surface area contributed by atoms with Crippen molar-refractivity contribution in [2.24, 2.45) is 0 Å². The highest BCUT2D eigenvalue weighted by molar-refractivity contribution is 7.62. The van der Waals surface area contributed by atoms with Gasteiger partial charge in [0.15, 0.2) is 17.0 Å². The average molecular weight is 454 g/mol. The molecule has 3 aromatic rings. The average Bonchev–Trinajstić information content (AvgIpc) is 3.09. The largest absolute Gasteiger partial charge is 0.461 e. The van der Waals surface area contributed by atoms with E-state index in [0.717, 1.165) is 0 Å². The van der Waals surface area contributed by atoms with E-state index in [1.807, 2.05) is 25.3 Å². The fraction of sp³-hybridized carbons (Fsp3) is 0.353. The Morgan fingerprint density at radius 2 is 1.93 bits per heavy atom. The van der Waals surface area contributed by atoms with E-state index in [1.165, 1.54) is 24.3 Å². The maximum atomic E-state index is 11.6. The van der Waals surface area contributed by atoms with Crippen LogP contribution in [0.4, 0.5) is 11.5 Å². The Morgan fingerprint density at radius 1 is 1.27 bits per heavy atom. The molecule has 0 saturated carbocycles. The van der Waals surface area contributed by atoms with Crippen molar-refractivity contribution in [2.75, 3.05) is 5.32 Å². The zero-order chi connectivity index (χ0) is 22.1. The smallest absolute Gasteiger partial charge is 0.412 e. The molecule has 2 atom stereocenters. The molecule has 13 heteroatoms. The Balaban J connectivity index is 1.99. The summed E-state index contributed by atoms with van der Waals surface area (Å²) in [6.45, 7) is 6.32. The molecule has 0 spiro atoms. The van der Waals surface area contributed by atoms with Crippen molar-refractivity contribution in [2.45, 2.75) is 38.5 Å². The van der Waals surface area contributed by atoms with Crippen LogP contribution in [0.2, 0.25) is 0 Å². The van der Waals surface area contributed by atoms with Gasteiger partial charge in [-0.1, -0.05) is 4.57 Å². The normalized spacial score (nSPS) is 14.2. The highest BCUT2D eigenvalue weighted by atomic mass is 31.2. The van der Waals surface area contributed by atoms with Crippen LogP contribution in [0, 0.1) is 0 Å². The van der Waals surface area contributed by atoms with Crippen LogP contribution in [0.15, 0.2) is 30.6 Å². The lowest BCUT2D eigenvalue weighted by molar-refractivity contribution is 0.168. The van der Waals surface area contributed by atoms with Gasteiger partial charge in [-0.15, -0.1) is 0 Å². The summed E-state index contributed by atoms with van der Waals surface area (Å²) >= 11 is 0. The Hall–Kier alpha value is -2.42. The first-order valence-corrected chi connectivity index (χ1v) is 11.6. The Morgan fingerprint density at radius 3 is 2.47 bits per heavy atom. The monoisotopic (exact) mass is 454 g/mol. The molecule has 0 aliphatic heterocycles. The number of nitrogens with zero attached hydrogens (tertiary/aromatic N) is 4. The molecule has 0 radical (unpaired) electrons. The van der Waals surface area contributed by atoms with E-state index in [9.17, 15) is 24.0 Å². The quantitative estimate of drug-likeness (QED) is 0.373. The molecule has 4 N–H and O–H groups in total. The molecule has 0 saturated heterocycles. The zero-order valence-corrected chi connectivity index (χ0v) is 18.4. The molecule has 2 unspecified atom stereocenters. The minimum absolute atomic E-state index is 0.133. The van der Waals surface area contributed by atoms with E-state index in [2.05, 4.69) is 20.3 Å². The number of hydrogen-bond acceptors (Lipinski definition) is 8. The number of aryl methyl sites for hydroxylation is 1. The summed E-state index contributed by atoms with van der Waals surface area (Å²) in [4.78, 5) is 31.8. The third-order valence-corrected chi connectivity index (χ3v) is 7.06. The lowest BCUT2D eigenvalue weighted by atomic mass is 10.2. The molecule has 0 aliphatic carbocycles. The van der Waals surface area contributed by atoms with Crippen LogP contribution in [0.1, 0.15) is 26.3 Å². The molecule has 160 valence electrons. The number of nitrogens with one attached hydrogen (secondary N) is 1. The fourth-order valence-corrected chi connectivity index (χ4v) is 3.96. The number of anilines is 2. The number of imidazole rings is 1. The predicted molar refractivity (Wildman–Crippen MR) is 111 cm³/mol. The van der Waals surface area contributed by atoms with Crippen LogP contribution in [0.5, 0.6) is 6.01 Å². The first-order valence-electron chi connectivity index (χ1n) is 9.03. The van der Waals surface area contributed by atoms with Crippen molar-refractivity contribution in [1.82, 2.24) is 19.5 Å². The number of aromatic nitrogens is 4. The van der Waals surface area contributed by atoms with Crippen LogP contribution in [0.25, 0.3) is 11.2 Å². The van der Waals surface area contributed by atoms with Gasteiger partial charge in [-0.05, 0) is 45.0 Å². The fourth-order valence-electron chi connectivity index (χ4n) is 2.72. The molecule has 1 aromatic carbocycles. The van der Waals surface area contributed by atoms with Gasteiger partial charge in [0.25, 0.3) is 0 Å². The van der Waals surface area contributed by atoms with Gasteiger partial charge in [0.2, 0.25) is 0 Å². The number of hydrogen-bond donors (Lipinski definition) is 4. The van der Waals surface area contributed by atoms with Crippen LogP contribution in [-0.2, 0) is 20.8 Å². The molecule has 11 nitrogen and oxygen atoms in total. The maximum absolute atomic E-state index is 11.6. The van der Waals surface area contributed by atoms with Crippen molar-refractivity contribution in [1.29, 1.82) is 0 Å². The lowest BCUT2D eigenvalue weighted by Crippen LogP contribution is -2.18. The lowest BCUT2D eigenvalue weighted by Gasteiger charge is -2.16. The van der Waals surface area contributed by atoms with E-state index in [0.29, 0.717) is 29.2 Å². The summed E-state index contributed by atoms with van der Waals surface area (Å²) in [5.41, 5.74) is 1.44. The van der Waals surface area contributed by atoms with Crippen molar-refractivity contribution in [3.8, 4) is 6.01 Å². The standard InChI is InChI=1S/C17H21N5O6P2/c1-4-22-9-18-13-14(20-16(21-15(13)22)28-10(2)3)19-12-7-5-11(6-8-12)17(23,29-24)30(25,26)27/h5-10,23H,4H2,1-3H3,(H,19,20,21)(H2,25,26,27)/p+1. The number of fused-ring (bicyclic) bond motifs is 1. The van der Waals surface area contributed by atoms with E-state index in [-0.39, 0.29) is 17.7 Å². The highest BCUT2D eigenvalue weighted by Gasteiger charge is 2.56. The predicted octanol–water partition coefficient (Wildman–Crippen LogP) is 2.68. The van der Waals surface area contributed by atoms with Crippen molar-refractivity contribution in [3.05, 3.63) is 36.2 Å². The Kier molecular flexibility index (Phi) is 6.21.